The Morgan fingerprint density at radius 3 is 2.72 bits per heavy atom. The van der Waals surface area contributed by atoms with Gasteiger partial charge < -0.3 is 5.11 Å². The number of nitrogens with zero attached hydrogens (tertiary/aromatic N) is 2. The SMILES string of the molecule is CCCC(C)N(C)S(=O)(=O)c1[nH]ncc1C(=O)O. The van der Waals surface area contributed by atoms with Gasteiger partial charge in [-0.05, 0) is 13.3 Å². The number of rotatable bonds is 6. The van der Waals surface area contributed by atoms with Crippen LogP contribution in [0.5, 0.6) is 0 Å². The molecule has 0 aliphatic rings. The molecule has 0 saturated carbocycles. The highest BCUT2D eigenvalue weighted by Crippen LogP contribution is 2.19. The summed E-state index contributed by atoms with van der Waals surface area (Å²) in [5.41, 5.74) is -0.342. The highest BCUT2D eigenvalue weighted by atomic mass is 32.2. The molecule has 1 unspecified atom stereocenters. The van der Waals surface area contributed by atoms with Crippen LogP contribution in [-0.4, -0.2) is 47.1 Å². The van der Waals surface area contributed by atoms with E-state index in [1.807, 2.05) is 6.92 Å². The standard InChI is InChI=1S/C10H17N3O4S/c1-4-5-7(2)13(3)18(16,17)9-8(10(14)15)6-11-12-9/h6-7H,4-5H2,1-3H3,(H,11,12)(H,14,15). The van der Waals surface area contributed by atoms with Crippen LogP contribution in [0.4, 0.5) is 0 Å². The average Bonchev–Trinajstić information content (AvgIpc) is 2.77. The third kappa shape index (κ3) is 2.70. The van der Waals surface area contributed by atoms with E-state index in [9.17, 15) is 13.2 Å². The maximum absolute atomic E-state index is 12.2. The van der Waals surface area contributed by atoms with Crippen molar-refractivity contribution in [1.29, 1.82) is 0 Å². The molecule has 102 valence electrons. The molecule has 2 N–H and O–H groups in total. The van der Waals surface area contributed by atoms with Crippen LogP contribution in [-0.2, 0) is 10.0 Å². The quantitative estimate of drug-likeness (QED) is 0.803. The summed E-state index contributed by atoms with van der Waals surface area (Å²) >= 11 is 0. The van der Waals surface area contributed by atoms with Gasteiger partial charge in [0, 0.05) is 13.1 Å². The molecule has 1 heterocycles. The van der Waals surface area contributed by atoms with Crippen molar-refractivity contribution >= 4 is 16.0 Å². The van der Waals surface area contributed by atoms with Gasteiger partial charge in [0.25, 0.3) is 10.0 Å². The first-order valence-corrected chi connectivity index (χ1v) is 7.01. The van der Waals surface area contributed by atoms with Crippen molar-refractivity contribution in [3.63, 3.8) is 0 Å². The third-order valence-corrected chi connectivity index (χ3v) is 4.74. The van der Waals surface area contributed by atoms with E-state index in [4.69, 9.17) is 5.11 Å². The first-order valence-electron chi connectivity index (χ1n) is 5.57. The van der Waals surface area contributed by atoms with Crippen molar-refractivity contribution in [1.82, 2.24) is 14.5 Å². The van der Waals surface area contributed by atoms with Gasteiger partial charge in [0.05, 0.1) is 6.20 Å². The molecule has 0 aliphatic carbocycles. The molecule has 7 nitrogen and oxygen atoms in total. The van der Waals surface area contributed by atoms with Crippen molar-refractivity contribution in [2.24, 2.45) is 0 Å². The van der Waals surface area contributed by atoms with Gasteiger partial charge in [-0.3, -0.25) is 5.10 Å². The summed E-state index contributed by atoms with van der Waals surface area (Å²) < 4.78 is 25.6. The molecule has 0 saturated heterocycles. The minimum Gasteiger partial charge on any atom is -0.478 e. The summed E-state index contributed by atoms with van der Waals surface area (Å²) in [5, 5.41) is 14.3. The van der Waals surface area contributed by atoms with E-state index in [2.05, 4.69) is 10.2 Å². The van der Waals surface area contributed by atoms with E-state index < -0.39 is 16.0 Å². The Morgan fingerprint density at radius 1 is 1.61 bits per heavy atom. The van der Waals surface area contributed by atoms with Gasteiger partial charge in [-0.15, -0.1) is 0 Å². The van der Waals surface area contributed by atoms with Crippen molar-refractivity contribution in [2.75, 3.05) is 7.05 Å². The fourth-order valence-corrected chi connectivity index (χ4v) is 3.06. The maximum Gasteiger partial charge on any atom is 0.340 e. The number of carboxylic acid groups (broad SMARTS) is 1. The van der Waals surface area contributed by atoms with E-state index in [-0.39, 0.29) is 16.6 Å². The van der Waals surface area contributed by atoms with Crippen LogP contribution in [0, 0.1) is 0 Å². The second-order valence-electron chi connectivity index (χ2n) is 4.08. The van der Waals surface area contributed by atoms with E-state index >= 15 is 0 Å². The number of hydrogen-bond donors (Lipinski definition) is 2. The van der Waals surface area contributed by atoms with Gasteiger partial charge in [-0.25, -0.2) is 13.2 Å². The first kappa shape index (κ1) is 14.7. The Hall–Kier alpha value is -1.41. The van der Waals surface area contributed by atoms with Crippen molar-refractivity contribution in [2.45, 2.75) is 37.8 Å². The van der Waals surface area contributed by atoms with Crippen LogP contribution in [0.2, 0.25) is 0 Å². The number of aromatic nitrogens is 2. The van der Waals surface area contributed by atoms with Gasteiger partial charge >= 0.3 is 5.97 Å². The van der Waals surface area contributed by atoms with Crippen LogP contribution >= 0.6 is 0 Å². The summed E-state index contributed by atoms with van der Waals surface area (Å²) in [6.07, 6.45) is 2.54. The van der Waals surface area contributed by atoms with Crippen molar-refractivity contribution in [3.8, 4) is 0 Å². The molecule has 0 aliphatic heterocycles. The zero-order valence-electron chi connectivity index (χ0n) is 10.5. The van der Waals surface area contributed by atoms with E-state index in [1.165, 1.54) is 7.05 Å². The highest BCUT2D eigenvalue weighted by Gasteiger charge is 2.31. The number of carboxylic acids is 1. The van der Waals surface area contributed by atoms with Gasteiger partial charge in [0.15, 0.2) is 5.03 Å². The summed E-state index contributed by atoms with van der Waals surface area (Å²) in [6, 6.07) is -0.204. The topological polar surface area (TPSA) is 103 Å². The number of hydrogen-bond acceptors (Lipinski definition) is 4. The van der Waals surface area contributed by atoms with Gasteiger partial charge in [0.1, 0.15) is 5.56 Å². The Morgan fingerprint density at radius 2 is 2.22 bits per heavy atom. The monoisotopic (exact) mass is 275 g/mol. The third-order valence-electron chi connectivity index (χ3n) is 2.80. The van der Waals surface area contributed by atoms with Crippen LogP contribution < -0.4 is 0 Å². The average molecular weight is 275 g/mol. The van der Waals surface area contributed by atoms with Crippen LogP contribution in [0.1, 0.15) is 37.0 Å². The molecular weight excluding hydrogens is 258 g/mol. The summed E-state index contributed by atoms with van der Waals surface area (Å²) in [6.45, 7) is 3.73. The molecule has 1 atom stereocenters. The lowest BCUT2D eigenvalue weighted by molar-refractivity contribution is 0.0692. The normalized spacial score (nSPS) is 13.8. The second kappa shape index (κ2) is 5.49. The Kier molecular flexibility index (Phi) is 4.47. The molecule has 1 rings (SSSR count). The lowest BCUT2D eigenvalue weighted by Crippen LogP contribution is -2.35. The molecule has 0 amide bonds. The molecule has 0 aromatic carbocycles. The lowest BCUT2D eigenvalue weighted by Gasteiger charge is -2.23. The zero-order valence-corrected chi connectivity index (χ0v) is 11.4. The summed E-state index contributed by atoms with van der Waals surface area (Å²) in [4.78, 5) is 10.9. The number of aromatic carboxylic acids is 1. The lowest BCUT2D eigenvalue weighted by atomic mass is 10.2. The predicted octanol–water partition coefficient (Wildman–Crippen LogP) is 0.917. The fraction of sp³-hybridized carbons (Fsp3) is 0.600. The van der Waals surface area contributed by atoms with E-state index in [1.54, 1.807) is 6.92 Å². The van der Waals surface area contributed by atoms with Crippen molar-refractivity contribution < 1.29 is 18.3 Å². The minimum atomic E-state index is -3.86. The molecule has 18 heavy (non-hydrogen) atoms. The molecule has 8 heteroatoms. The van der Waals surface area contributed by atoms with E-state index in [0.29, 0.717) is 6.42 Å². The predicted molar refractivity (Wildman–Crippen MR) is 64.9 cm³/mol. The van der Waals surface area contributed by atoms with Crippen LogP contribution in [0.25, 0.3) is 0 Å². The van der Waals surface area contributed by atoms with Crippen molar-refractivity contribution in [3.05, 3.63) is 11.8 Å². The molecule has 1 aromatic rings. The smallest absolute Gasteiger partial charge is 0.340 e. The van der Waals surface area contributed by atoms with Crippen LogP contribution in [0.3, 0.4) is 0 Å². The molecule has 0 radical (unpaired) electrons. The Bertz CT molecular complexity index is 523. The largest absolute Gasteiger partial charge is 0.478 e. The number of H-pyrrole nitrogens is 1. The molecule has 1 aromatic heterocycles. The highest BCUT2D eigenvalue weighted by molar-refractivity contribution is 7.89. The first-order chi connectivity index (χ1) is 8.32. The minimum absolute atomic E-state index is 0.204. The van der Waals surface area contributed by atoms with Crippen LogP contribution in [0.15, 0.2) is 11.2 Å². The van der Waals surface area contributed by atoms with Gasteiger partial charge in [-0.2, -0.15) is 9.40 Å². The Balaban J connectivity index is 3.13. The Labute approximate surface area is 106 Å². The molecule has 0 bridgehead atoms. The number of aromatic amines is 1. The van der Waals surface area contributed by atoms with E-state index in [0.717, 1.165) is 16.9 Å². The second-order valence-corrected chi connectivity index (χ2v) is 6.01. The zero-order chi connectivity index (χ0) is 13.9. The molecule has 0 spiro atoms. The molecule has 0 fully saturated rings. The number of sulfonamides is 1. The summed E-state index contributed by atoms with van der Waals surface area (Å²) in [7, 11) is -2.43. The summed E-state index contributed by atoms with van der Waals surface area (Å²) in [5.74, 6) is -1.32. The van der Waals surface area contributed by atoms with Gasteiger partial charge in [-0.1, -0.05) is 13.3 Å². The fourth-order valence-electron chi connectivity index (χ4n) is 1.60. The number of nitrogens with one attached hydrogen (secondary N) is 1. The number of carbonyl (C=O) groups is 1. The molecular formula is C10H17N3O4S. The maximum atomic E-state index is 12.2. The van der Waals surface area contributed by atoms with Gasteiger partial charge in [0.2, 0.25) is 0 Å².